The topological polar surface area (TPSA) is 77.8 Å². The van der Waals surface area contributed by atoms with Gasteiger partial charge in [0.15, 0.2) is 5.78 Å². The molecule has 0 fully saturated rings. The summed E-state index contributed by atoms with van der Waals surface area (Å²) in [4.78, 5) is 38.7. The molecule has 0 aliphatic rings. The zero-order valence-corrected chi connectivity index (χ0v) is 17.4. The second-order valence-electron chi connectivity index (χ2n) is 6.31. The van der Waals surface area contributed by atoms with Gasteiger partial charge in [-0.3, -0.25) is 9.59 Å². The molecular formula is C20H32N2O5. The Morgan fingerprint density at radius 3 is 2.26 bits per heavy atom. The molecular weight excluding hydrogens is 348 g/mol. The lowest BCUT2D eigenvalue weighted by atomic mass is 10.1. The van der Waals surface area contributed by atoms with Crippen LogP contribution in [-0.4, -0.2) is 60.0 Å². The van der Waals surface area contributed by atoms with E-state index in [-0.39, 0.29) is 24.8 Å². The number of esters is 1. The van der Waals surface area contributed by atoms with E-state index in [9.17, 15) is 14.4 Å². The largest absolute Gasteiger partial charge is 0.461 e. The van der Waals surface area contributed by atoms with Crippen molar-refractivity contribution < 1.29 is 23.9 Å². The monoisotopic (exact) mass is 380 g/mol. The third-order valence-electron chi connectivity index (χ3n) is 4.53. The molecule has 0 bridgehead atoms. The van der Waals surface area contributed by atoms with Gasteiger partial charge in [-0.1, -0.05) is 0 Å². The Labute approximate surface area is 161 Å². The fourth-order valence-electron chi connectivity index (χ4n) is 3.27. The number of nitrogens with zero attached hydrogens (tertiary/aromatic N) is 2. The lowest BCUT2D eigenvalue weighted by Gasteiger charge is -2.20. The van der Waals surface area contributed by atoms with Gasteiger partial charge in [0.05, 0.1) is 13.2 Å². The standard InChI is InChI=1S/C20H32N2O5/c1-7-22-15(5)18(14(4)19(22)20(25)27-9-3)17(24)13-21(16(6)23)11-10-12-26-8-2/h7-13H2,1-6H3. The predicted molar refractivity (Wildman–Crippen MR) is 103 cm³/mol. The molecule has 7 nitrogen and oxygen atoms in total. The summed E-state index contributed by atoms with van der Waals surface area (Å²) in [5.41, 5.74) is 2.23. The van der Waals surface area contributed by atoms with E-state index in [0.717, 1.165) is 5.69 Å². The molecule has 0 unspecified atom stereocenters. The molecule has 152 valence electrons. The summed E-state index contributed by atoms with van der Waals surface area (Å²) >= 11 is 0. The summed E-state index contributed by atoms with van der Waals surface area (Å²) in [6.45, 7) is 13.0. The number of Topliss-reactive ketones (excluding diaryl/α,β-unsaturated/α-hetero) is 1. The first kappa shape index (κ1) is 22.9. The minimum absolute atomic E-state index is 0.0148. The van der Waals surface area contributed by atoms with Gasteiger partial charge >= 0.3 is 5.97 Å². The van der Waals surface area contributed by atoms with Gasteiger partial charge in [-0.2, -0.15) is 0 Å². The lowest BCUT2D eigenvalue weighted by Crippen LogP contribution is -2.35. The summed E-state index contributed by atoms with van der Waals surface area (Å²) < 4.78 is 12.2. The molecule has 1 rings (SSSR count). The Bertz CT molecular complexity index is 678. The molecule has 0 aliphatic heterocycles. The highest BCUT2D eigenvalue weighted by Gasteiger charge is 2.27. The van der Waals surface area contributed by atoms with Crippen LogP contribution >= 0.6 is 0 Å². The molecule has 0 N–H and O–H groups in total. The average Bonchev–Trinajstić information content (AvgIpc) is 2.87. The first-order valence-corrected chi connectivity index (χ1v) is 9.53. The maximum absolute atomic E-state index is 13.0. The van der Waals surface area contributed by atoms with Crippen LogP contribution in [0.4, 0.5) is 0 Å². The number of ketones is 1. The molecule has 1 aromatic rings. The molecule has 0 saturated heterocycles. The van der Waals surface area contributed by atoms with Gasteiger partial charge in [0.1, 0.15) is 5.69 Å². The normalized spacial score (nSPS) is 10.7. The van der Waals surface area contributed by atoms with E-state index >= 15 is 0 Å². The third-order valence-corrected chi connectivity index (χ3v) is 4.53. The first-order valence-electron chi connectivity index (χ1n) is 9.53. The molecule has 0 spiro atoms. The highest BCUT2D eigenvalue weighted by atomic mass is 16.5. The van der Waals surface area contributed by atoms with Crippen molar-refractivity contribution in [3.05, 3.63) is 22.5 Å². The van der Waals surface area contributed by atoms with Gasteiger partial charge in [0.25, 0.3) is 0 Å². The summed E-state index contributed by atoms with van der Waals surface area (Å²) in [6, 6.07) is 0. The van der Waals surface area contributed by atoms with Crippen molar-refractivity contribution in [2.24, 2.45) is 0 Å². The average molecular weight is 380 g/mol. The molecule has 0 aliphatic carbocycles. The Kier molecular flexibility index (Phi) is 9.21. The second kappa shape index (κ2) is 10.9. The van der Waals surface area contributed by atoms with Crippen LogP contribution < -0.4 is 0 Å². The van der Waals surface area contributed by atoms with E-state index in [0.29, 0.717) is 49.5 Å². The summed E-state index contributed by atoms with van der Waals surface area (Å²) in [7, 11) is 0. The van der Waals surface area contributed by atoms with Gasteiger partial charge in [0, 0.05) is 44.5 Å². The third kappa shape index (κ3) is 5.66. The number of amides is 1. The van der Waals surface area contributed by atoms with Crippen LogP contribution in [0.5, 0.6) is 0 Å². The van der Waals surface area contributed by atoms with Gasteiger partial charge in [0.2, 0.25) is 5.91 Å². The smallest absolute Gasteiger partial charge is 0.355 e. The minimum atomic E-state index is -0.431. The molecule has 27 heavy (non-hydrogen) atoms. The number of hydrogen-bond donors (Lipinski definition) is 0. The van der Waals surface area contributed by atoms with Crippen molar-refractivity contribution in [3.8, 4) is 0 Å². The fraction of sp³-hybridized carbons (Fsp3) is 0.650. The predicted octanol–water partition coefficient (Wildman–Crippen LogP) is 2.76. The van der Waals surface area contributed by atoms with E-state index in [4.69, 9.17) is 9.47 Å². The highest BCUT2D eigenvalue weighted by molar-refractivity contribution is 6.04. The van der Waals surface area contributed by atoms with E-state index < -0.39 is 5.97 Å². The molecule has 7 heteroatoms. The van der Waals surface area contributed by atoms with Gasteiger partial charge in [-0.05, 0) is 46.6 Å². The fourth-order valence-corrected chi connectivity index (χ4v) is 3.27. The number of carbonyl (C=O) groups is 3. The second-order valence-corrected chi connectivity index (χ2v) is 6.31. The van der Waals surface area contributed by atoms with Crippen LogP contribution in [0, 0.1) is 13.8 Å². The van der Waals surface area contributed by atoms with Crippen LogP contribution in [0.3, 0.4) is 0 Å². The van der Waals surface area contributed by atoms with E-state index in [1.807, 2.05) is 20.8 Å². The Balaban J connectivity index is 3.08. The first-order chi connectivity index (χ1) is 12.8. The van der Waals surface area contributed by atoms with Crippen LogP contribution in [0.2, 0.25) is 0 Å². The van der Waals surface area contributed by atoms with E-state index in [1.54, 1.807) is 18.4 Å². The number of ether oxygens (including phenoxy) is 2. The van der Waals surface area contributed by atoms with Crippen LogP contribution in [0.25, 0.3) is 0 Å². The molecule has 0 aromatic carbocycles. The number of rotatable bonds is 11. The van der Waals surface area contributed by atoms with Crippen molar-refractivity contribution in [2.45, 2.75) is 54.5 Å². The number of aromatic nitrogens is 1. The molecule has 1 heterocycles. The Morgan fingerprint density at radius 1 is 1.07 bits per heavy atom. The van der Waals surface area contributed by atoms with Crippen molar-refractivity contribution in [1.82, 2.24) is 9.47 Å². The van der Waals surface area contributed by atoms with Crippen LogP contribution in [0.15, 0.2) is 0 Å². The van der Waals surface area contributed by atoms with Crippen LogP contribution in [-0.2, 0) is 20.8 Å². The summed E-state index contributed by atoms with van der Waals surface area (Å²) in [6.07, 6.45) is 0.669. The van der Waals surface area contributed by atoms with Crippen molar-refractivity contribution in [2.75, 3.05) is 32.9 Å². The van der Waals surface area contributed by atoms with Gasteiger partial charge in [-0.25, -0.2) is 4.79 Å². The molecule has 0 atom stereocenters. The molecule has 0 radical (unpaired) electrons. The summed E-state index contributed by atoms with van der Waals surface area (Å²) in [5.74, 6) is -0.760. The summed E-state index contributed by atoms with van der Waals surface area (Å²) in [5, 5.41) is 0. The quantitative estimate of drug-likeness (QED) is 0.335. The SMILES string of the molecule is CCOCCCN(CC(=O)c1c(C)c(C(=O)OCC)n(CC)c1C)C(C)=O. The maximum Gasteiger partial charge on any atom is 0.355 e. The van der Waals surface area contributed by atoms with Gasteiger partial charge in [-0.15, -0.1) is 0 Å². The molecule has 0 saturated carbocycles. The van der Waals surface area contributed by atoms with E-state index in [1.165, 1.54) is 11.8 Å². The van der Waals surface area contributed by atoms with E-state index in [2.05, 4.69) is 0 Å². The van der Waals surface area contributed by atoms with Crippen molar-refractivity contribution in [1.29, 1.82) is 0 Å². The lowest BCUT2D eigenvalue weighted by molar-refractivity contribution is -0.128. The Morgan fingerprint density at radius 2 is 1.74 bits per heavy atom. The molecule has 1 aromatic heterocycles. The number of hydrogen-bond acceptors (Lipinski definition) is 5. The highest BCUT2D eigenvalue weighted by Crippen LogP contribution is 2.24. The van der Waals surface area contributed by atoms with Crippen molar-refractivity contribution >= 4 is 17.7 Å². The van der Waals surface area contributed by atoms with Crippen molar-refractivity contribution in [3.63, 3.8) is 0 Å². The zero-order chi connectivity index (χ0) is 20.6. The zero-order valence-electron chi connectivity index (χ0n) is 17.4. The number of carbonyl (C=O) groups excluding carboxylic acids is 3. The minimum Gasteiger partial charge on any atom is -0.461 e. The van der Waals surface area contributed by atoms with Crippen LogP contribution in [0.1, 0.15) is 66.2 Å². The Hall–Kier alpha value is -2.15. The van der Waals surface area contributed by atoms with Gasteiger partial charge < -0.3 is 18.9 Å². The molecule has 1 amide bonds. The maximum atomic E-state index is 13.0.